The Bertz CT molecular complexity index is 154. The monoisotopic (exact) mass is 183 g/mol. The van der Waals surface area contributed by atoms with Crippen LogP contribution in [0.15, 0.2) is 12.7 Å². The van der Waals surface area contributed by atoms with Crippen molar-refractivity contribution in [1.29, 1.82) is 0 Å². The molecule has 0 bridgehead atoms. The van der Waals surface area contributed by atoms with E-state index in [4.69, 9.17) is 0 Å². The Morgan fingerprint density at radius 1 is 1.62 bits per heavy atom. The Kier molecular flexibility index (Phi) is 4.46. The Morgan fingerprint density at radius 3 is 2.85 bits per heavy atom. The van der Waals surface area contributed by atoms with Gasteiger partial charge in [-0.15, -0.1) is 6.58 Å². The van der Waals surface area contributed by atoms with Crippen LogP contribution < -0.4 is 5.32 Å². The molecular formula is C11H21NO. The van der Waals surface area contributed by atoms with E-state index in [0.29, 0.717) is 12.0 Å². The molecule has 1 aliphatic carbocycles. The van der Waals surface area contributed by atoms with Gasteiger partial charge >= 0.3 is 0 Å². The molecule has 13 heavy (non-hydrogen) atoms. The molecule has 0 radical (unpaired) electrons. The molecule has 0 saturated heterocycles. The Morgan fingerprint density at radius 2 is 2.31 bits per heavy atom. The first-order chi connectivity index (χ1) is 6.24. The number of rotatable bonds is 7. The maximum atomic E-state index is 9.58. The lowest BCUT2D eigenvalue weighted by atomic mass is 10.1. The normalized spacial score (nSPS) is 21.1. The molecule has 0 aromatic rings. The molecule has 1 saturated carbocycles. The molecule has 0 aliphatic heterocycles. The van der Waals surface area contributed by atoms with Crippen LogP contribution in [0.1, 0.15) is 32.6 Å². The van der Waals surface area contributed by atoms with Crippen molar-refractivity contribution in [2.45, 2.75) is 44.8 Å². The zero-order valence-electron chi connectivity index (χ0n) is 8.50. The molecule has 1 fully saturated rings. The minimum atomic E-state index is -0.119. The predicted octanol–water partition coefficient (Wildman–Crippen LogP) is 1.70. The molecule has 0 spiro atoms. The van der Waals surface area contributed by atoms with Gasteiger partial charge in [0.15, 0.2) is 0 Å². The first-order valence-corrected chi connectivity index (χ1v) is 5.26. The molecule has 2 atom stereocenters. The minimum Gasteiger partial charge on any atom is -0.392 e. The largest absolute Gasteiger partial charge is 0.392 e. The van der Waals surface area contributed by atoms with E-state index < -0.39 is 0 Å². The van der Waals surface area contributed by atoms with Crippen molar-refractivity contribution in [3.05, 3.63) is 12.7 Å². The SMILES string of the molecule is C=CCCC(C)NCC(O)C1CC1. The highest BCUT2D eigenvalue weighted by atomic mass is 16.3. The second-order valence-corrected chi connectivity index (χ2v) is 4.08. The summed E-state index contributed by atoms with van der Waals surface area (Å²) < 4.78 is 0. The summed E-state index contributed by atoms with van der Waals surface area (Å²) in [5.74, 6) is 0.583. The molecule has 2 heteroatoms. The quantitative estimate of drug-likeness (QED) is 0.589. The van der Waals surface area contributed by atoms with Gasteiger partial charge in [0.25, 0.3) is 0 Å². The third kappa shape index (κ3) is 4.44. The fraction of sp³-hybridized carbons (Fsp3) is 0.818. The van der Waals surface area contributed by atoms with E-state index in [-0.39, 0.29) is 6.10 Å². The molecule has 1 rings (SSSR count). The number of hydrogen-bond donors (Lipinski definition) is 2. The summed E-state index contributed by atoms with van der Waals surface area (Å²) in [6, 6.07) is 0.492. The zero-order chi connectivity index (χ0) is 9.68. The third-order valence-electron chi connectivity index (χ3n) is 2.65. The molecule has 0 aromatic heterocycles. The van der Waals surface area contributed by atoms with Gasteiger partial charge in [-0.05, 0) is 38.5 Å². The summed E-state index contributed by atoms with van der Waals surface area (Å²) in [6.45, 7) is 6.60. The lowest BCUT2D eigenvalue weighted by Gasteiger charge is -2.15. The van der Waals surface area contributed by atoms with Gasteiger partial charge in [-0.25, -0.2) is 0 Å². The van der Waals surface area contributed by atoms with Gasteiger partial charge in [0, 0.05) is 12.6 Å². The average Bonchev–Trinajstić information content (AvgIpc) is 2.93. The van der Waals surface area contributed by atoms with E-state index in [2.05, 4.69) is 18.8 Å². The Labute approximate surface area is 81.0 Å². The lowest BCUT2D eigenvalue weighted by molar-refractivity contribution is 0.145. The van der Waals surface area contributed by atoms with Crippen molar-refractivity contribution in [2.24, 2.45) is 5.92 Å². The van der Waals surface area contributed by atoms with Gasteiger partial charge in [-0.3, -0.25) is 0 Å². The number of nitrogens with one attached hydrogen (secondary N) is 1. The van der Waals surface area contributed by atoms with E-state index in [1.807, 2.05) is 6.08 Å². The molecule has 0 amide bonds. The number of aliphatic hydroxyl groups excluding tert-OH is 1. The highest BCUT2D eigenvalue weighted by Crippen LogP contribution is 2.32. The van der Waals surface area contributed by atoms with Crippen molar-refractivity contribution in [1.82, 2.24) is 5.32 Å². The van der Waals surface area contributed by atoms with Gasteiger partial charge in [0.05, 0.1) is 6.10 Å². The van der Waals surface area contributed by atoms with Gasteiger partial charge in [0.2, 0.25) is 0 Å². The fourth-order valence-electron chi connectivity index (χ4n) is 1.44. The van der Waals surface area contributed by atoms with Gasteiger partial charge in [0.1, 0.15) is 0 Å². The van der Waals surface area contributed by atoms with Crippen LogP contribution >= 0.6 is 0 Å². The van der Waals surface area contributed by atoms with Crippen molar-refractivity contribution in [2.75, 3.05) is 6.54 Å². The molecule has 2 nitrogen and oxygen atoms in total. The van der Waals surface area contributed by atoms with E-state index in [1.54, 1.807) is 0 Å². The molecule has 0 heterocycles. The summed E-state index contributed by atoms with van der Waals surface area (Å²) >= 11 is 0. The van der Waals surface area contributed by atoms with E-state index in [1.165, 1.54) is 12.8 Å². The van der Waals surface area contributed by atoms with Gasteiger partial charge in [-0.1, -0.05) is 6.08 Å². The van der Waals surface area contributed by atoms with Crippen LogP contribution in [0.4, 0.5) is 0 Å². The van der Waals surface area contributed by atoms with E-state index in [9.17, 15) is 5.11 Å². The smallest absolute Gasteiger partial charge is 0.0692 e. The van der Waals surface area contributed by atoms with Gasteiger partial charge < -0.3 is 10.4 Å². The molecule has 1 aliphatic rings. The highest BCUT2D eigenvalue weighted by molar-refractivity contribution is 4.83. The second-order valence-electron chi connectivity index (χ2n) is 4.08. The van der Waals surface area contributed by atoms with Crippen molar-refractivity contribution in [3.8, 4) is 0 Å². The van der Waals surface area contributed by atoms with Crippen LogP contribution in [0.25, 0.3) is 0 Å². The van der Waals surface area contributed by atoms with E-state index in [0.717, 1.165) is 19.4 Å². The van der Waals surface area contributed by atoms with Crippen LogP contribution in [0.5, 0.6) is 0 Å². The van der Waals surface area contributed by atoms with Crippen molar-refractivity contribution >= 4 is 0 Å². The summed E-state index contributed by atoms with van der Waals surface area (Å²) in [6.07, 6.45) is 6.41. The summed E-state index contributed by atoms with van der Waals surface area (Å²) in [4.78, 5) is 0. The highest BCUT2D eigenvalue weighted by Gasteiger charge is 2.29. The number of aliphatic hydroxyl groups is 1. The molecular weight excluding hydrogens is 162 g/mol. The average molecular weight is 183 g/mol. The van der Waals surface area contributed by atoms with E-state index >= 15 is 0 Å². The minimum absolute atomic E-state index is 0.119. The molecule has 2 N–H and O–H groups in total. The van der Waals surface area contributed by atoms with Crippen molar-refractivity contribution < 1.29 is 5.11 Å². The molecule has 0 aromatic carbocycles. The van der Waals surface area contributed by atoms with Crippen LogP contribution in [0, 0.1) is 5.92 Å². The molecule has 76 valence electrons. The maximum absolute atomic E-state index is 9.58. The first kappa shape index (κ1) is 10.7. The van der Waals surface area contributed by atoms with Crippen LogP contribution in [0.2, 0.25) is 0 Å². The lowest BCUT2D eigenvalue weighted by Crippen LogP contribution is -2.34. The number of allylic oxidation sites excluding steroid dienone is 1. The Hall–Kier alpha value is -0.340. The van der Waals surface area contributed by atoms with Gasteiger partial charge in [-0.2, -0.15) is 0 Å². The topological polar surface area (TPSA) is 32.3 Å². The zero-order valence-corrected chi connectivity index (χ0v) is 8.50. The summed E-state index contributed by atoms with van der Waals surface area (Å²) in [5.41, 5.74) is 0. The second kappa shape index (κ2) is 5.40. The third-order valence-corrected chi connectivity index (χ3v) is 2.65. The number of hydrogen-bond acceptors (Lipinski definition) is 2. The fourth-order valence-corrected chi connectivity index (χ4v) is 1.44. The van der Waals surface area contributed by atoms with Crippen molar-refractivity contribution in [3.63, 3.8) is 0 Å². The van der Waals surface area contributed by atoms with Crippen LogP contribution in [-0.2, 0) is 0 Å². The Balaban J connectivity index is 1.99. The first-order valence-electron chi connectivity index (χ1n) is 5.26. The van der Waals surface area contributed by atoms with Crippen LogP contribution in [0.3, 0.4) is 0 Å². The molecule has 2 unspecified atom stereocenters. The maximum Gasteiger partial charge on any atom is 0.0692 e. The van der Waals surface area contributed by atoms with Crippen LogP contribution in [-0.4, -0.2) is 23.8 Å². The summed E-state index contributed by atoms with van der Waals surface area (Å²) in [7, 11) is 0. The predicted molar refractivity (Wildman–Crippen MR) is 55.6 cm³/mol. The standard InChI is InChI=1S/C11H21NO/c1-3-4-5-9(2)12-8-11(13)10-6-7-10/h3,9-13H,1,4-8H2,2H3. The summed E-state index contributed by atoms with van der Waals surface area (Å²) in [5, 5.41) is 12.9.